The number of anilines is 1. The van der Waals surface area contributed by atoms with Crippen molar-refractivity contribution in [2.45, 2.75) is 38.6 Å². The Kier molecular flexibility index (Phi) is 4.52. The molecule has 2 rings (SSSR count). The van der Waals surface area contributed by atoms with Crippen molar-refractivity contribution in [3.63, 3.8) is 0 Å². The van der Waals surface area contributed by atoms with Crippen LogP contribution in [0, 0.1) is 0 Å². The second-order valence-corrected chi connectivity index (χ2v) is 5.24. The lowest BCUT2D eigenvalue weighted by Gasteiger charge is -2.12. The standard InChI is InChI=1S/C12H17BrN4O/c1-2-3-10-16-9(13)6-11(17-10)14-7-8-4-5-12(18)15-8/h6,8H,2-5,7H2,1H3,(H,15,18)(H,14,16,17). The Bertz CT molecular complexity index is 438. The second-order valence-electron chi connectivity index (χ2n) is 4.43. The first-order chi connectivity index (χ1) is 8.67. The Balaban J connectivity index is 1.94. The summed E-state index contributed by atoms with van der Waals surface area (Å²) in [6.45, 7) is 2.81. The van der Waals surface area contributed by atoms with E-state index in [0.717, 1.165) is 35.5 Å². The maximum absolute atomic E-state index is 11.1. The van der Waals surface area contributed by atoms with E-state index in [0.29, 0.717) is 13.0 Å². The molecule has 6 heteroatoms. The van der Waals surface area contributed by atoms with Crippen molar-refractivity contribution in [2.24, 2.45) is 0 Å². The minimum atomic E-state index is 0.136. The molecule has 5 nitrogen and oxygen atoms in total. The van der Waals surface area contributed by atoms with Crippen molar-refractivity contribution in [3.05, 3.63) is 16.5 Å². The molecular weight excluding hydrogens is 296 g/mol. The summed E-state index contributed by atoms with van der Waals surface area (Å²) in [5.41, 5.74) is 0. The van der Waals surface area contributed by atoms with Crippen molar-refractivity contribution < 1.29 is 4.79 Å². The summed E-state index contributed by atoms with van der Waals surface area (Å²) in [5.74, 6) is 1.78. The molecule has 1 amide bonds. The molecule has 2 N–H and O–H groups in total. The normalized spacial score (nSPS) is 18.8. The molecule has 0 saturated carbocycles. The highest BCUT2D eigenvalue weighted by Crippen LogP contribution is 2.14. The lowest BCUT2D eigenvalue weighted by molar-refractivity contribution is -0.119. The van der Waals surface area contributed by atoms with Gasteiger partial charge in [-0.2, -0.15) is 0 Å². The number of nitrogens with zero attached hydrogens (tertiary/aromatic N) is 2. The molecule has 0 aromatic carbocycles. The SMILES string of the molecule is CCCc1nc(Br)cc(NCC2CCC(=O)N2)n1. The van der Waals surface area contributed by atoms with Gasteiger partial charge in [-0.3, -0.25) is 4.79 Å². The number of hydrogen-bond acceptors (Lipinski definition) is 4. The van der Waals surface area contributed by atoms with Gasteiger partial charge in [-0.15, -0.1) is 0 Å². The Hall–Kier alpha value is -1.17. The van der Waals surface area contributed by atoms with Crippen molar-refractivity contribution >= 4 is 27.7 Å². The summed E-state index contributed by atoms with van der Waals surface area (Å²) in [6, 6.07) is 2.07. The molecular formula is C12H17BrN4O. The van der Waals surface area contributed by atoms with Crippen LogP contribution < -0.4 is 10.6 Å². The van der Waals surface area contributed by atoms with Crippen LogP contribution in [0.15, 0.2) is 10.7 Å². The molecule has 1 aliphatic heterocycles. The minimum absolute atomic E-state index is 0.136. The third-order valence-corrected chi connectivity index (χ3v) is 3.24. The average Bonchev–Trinajstić information content (AvgIpc) is 2.72. The van der Waals surface area contributed by atoms with E-state index in [4.69, 9.17) is 0 Å². The van der Waals surface area contributed by atoms with Crippen LogP contribution in [-0.4, -0.2) is 28.5 Å². The Morgan fingerprint density at radius 2 is 2.39 bits per heavy atom. The van der Waals surface area contributed by atoms with Gasteiger partial charge in [-0.25, -0.2) is 9.97 Å². The van der Waals surface area contributed by atoms with Gasteiger partial charge < -0.3 is 10.6 Å². The number of aryl methyl sites for hydroxylation is 1. The second kappa shape index (κ2) is 6.13. The lowest BCUT2D eigenvalue weighted by atomic mass is 10.2. The first-order valence-corrected chi connectivity index (χ1v) is 7.03. The van der Waals surface area contributed by atoms with Crippen LogP contribution in [0.1, 0.15) is 32.0 Å². The fourth-order valence-corrected chi connectivity index (χ4v) is 2.37. The number of halogens is 1. The number of rotatable bonds is 5. The van der Waals surface area contributed by atoms with Gasteiger partial charge in [0.15, 0.2) is 0 Å². The van der Waals surface area contributed by atoms with Crippen molar-refractivity contribution in [2.75, 3.05) is 11.9 Å². The Labute approximate surface area is 115 Å². The maximum atomic E-state index is 11.1. The number of carbonyl (C=O) groups is 1. The number of nitrogens with one attached hydrogen (secondary N) is 2. The minimum Gasteiger partial charge on any atom is -0.368 e. The van der Waals surface area contributed by atoms with Crippen LogP contribution in [0.5, 0.6) is 0 Å². The average molecular weight is 313 g/mol. The van der Waals surface area contributed by atoms with Crippen LogP contribution in [-0.2, 0) is 11.2 Å². The smallest absolute Gasteiger partial charge is 0.220 e. The van der Waals surface area contributed by atoms with E-state index in [1.165, 1.54) is 0 Å². The van der Waals surface area contributed by atoms with Gasteiger partial charge in [-0.05, 0) is 28.8 Å². The van der Waals surface area contributed by atoms with Gasteiger partial charge in [0.05, 0.1) is 0 Å². The van der Waals surface area contributed by atoms with Gasteiger partial charge in [-0.1, -0.05) is 6.92 Å². The molecule has 1 unspecified atom stereocenters. The summed E-state index contributed by atoms with van der Waals surface area (Å²) in [6.07, 6.45) is 3.41. The molecule has 1 atom stereocenters. The van der Waals surface area contributed by atoms with Crippen LogP contribution in [0.4, 0.5) is 5.82 Å². The zero-order valence-corrected chi connectivity index (χ0v) is 12.0. The largest absolute Gasteiger partial charge is 0.368 e. The van der Waals surface area contributed by atoms with E-state index in [9.17, 15) is 4.79 Å². The summed E-state index contributed by atoms with van der Waals surface area (Å²) < 4.78 is 0.791. The third-order valence-electron chi connectivity index (χ3n) is 2.83. The molecule has 1 aliphatic rings. The van der Waals surface area contributed by atoms with Gasteiger partial charge >= 0.3 is 0 Å². The molecule has 98 valence electrons. The lowest BCUT2D eigenvalue weighted by Crippen LogP contribution is -2.32. The van der Waals surface area contributed by atoms with Crippen LogP contribution in [0.3, 0.4) is 0 Å². The maximum Gasteiger partial charge on any atom is 0.220 e. The molecule has 0 bridgehead atoms. The zero-order valence-electron chi connectivity index (χ0n) is 10.4. The fraction of sp³-hybridized carbons (Fsp3) is 0.583. The number of carbonyl (C=O) groups excluding carboxylic acids is 1. The van der Waals surface area contributed by atoms with Crippen molar-refractivity contribution in [1.82, 2.24) is 15.3 Å². The number of amides is 1. The van der Waals surface area contributed by atoms with E-state index < -0.39 is 0 Å². The zero-order chi connectivity index (χ0) is 13.0. The topological polar surface area (TPSA) is 66.9 Å². The molecule has 1 aromatic rings. The van der Waals surface area contributed by atoms with Crippen LogP contribution in [0.2, 0.25) is 0 Å². The first-order valence-electron chi connectivity index (χ1n) is 6.24. The molecule has 18 heavy (non-hydrogen) atoms. The number of aromatic nitrogens is 2. The predicted molar refractivity (Wildman–Crippen MR) is 73.4 cm³/mol. The molecule has 2 heterocycles. The van der Waals surface area contributed by atoms with Gasteiger partial charge in [0, 0.05) is 31.5 Å². The Morgan fingerprint density at radius 3 is 3.06 bits per heavy atom. The van der Waals surface area contributed by atoms with Crippen LogP contribution in [0.25, 0.3) is 0 Å². The molecule has 0 aliphatic carbocycles. The van der Waals surface area contributed by atoms with Crippen molar-refractivity contribution in [3.8, 4) is 0 Å². The van der Waals surface area contributed by atoms with E-state index in [1.807, 2.05) is 6.07 Å². The van der Waals surface area contributed by atoms with Gasteiger partial charge in [0.1, 0.15) is 16.2 Å². The Morgan fingerprint density at radius 1 is 1.56 bits per heavy atom. The predicted octanol–water partition coefficient (Wildman–Crippen LogP) is 1.88. The molecule has 1 saturated heterocycles. The van der Waals surface area contributed by atoms with Crippen LogP contribution >= 0.6 is 15.9 Å². The van der Waals surface area contributed by atoms with E-state index in [1.54, 1.807) is 0 Å². The monoisotopic (exact) mass is 312 g/mol. The first kappa shape index (κ1) is 13.3. The molecule has 1 aromatic heterocycles. The molecule has 0 spiro atoms. The summed E-state index contributed by atoms with van der Waals surface area (Å²) >= 11 is 3.39. The molecule has 0 radical (unpaired) electrons. The summed E-state index contributed by atoms with van der Waals surface area (Å²) in [4.78, 5) is 19.8. The van der Waals surface area contributed by atoms with Gasteiger partial charge in [0.2, 0.25) is 5.91 Å². The molecule has 1 fully saturated rings. The van der Waals surface area contributed by atoms with Crippen molar-refractivity contribution in [1.29, 1.82) is 0 Å². The van der Waals surface area contributed by atoms with E-state index in [-0.39, 0.29) is 11.9 Å². The van der Waals surface area contributed by atoms with E-state index >= 15 is 0 Å². The number of hydrogen-bond donors (Lipinski definition) is 2. The van der Waals surface area contributed by atoms with E-state index in [2.05, 4.69) is 43.5 Å². The highest BCUT2D eigenvalue weighted by Gasteiger charge is 2.20. The quantitative estimate of drug-likeness (QED) is 0.815. The third kappa shape index (κ3) is 3.66. The highest BCUT2D eigenvalue weighted by molar-refractivity contribution is 9.10. The summed E-state index contributed by atoms with van der Waals surface area (Å²) in [7, 11) is 0. The highest BCUT2D eigenvalue weighted by atomic mass is 79.9. The fourth-order valence-electron chi connectivity index (χ4n) is 1.95. The van der Waals surface area contributed by atoms with Gasteiger partial charge in [0.25, 0.3) is 0 Å². The summed E-state index contributed by atoms with van der Waals surface area (Å²) in [5, 5.41) is 6.17.